The molecule has 46 heavy (non-hydrogen) atoms. The van der Waals surface area contributed by atoms with Gasteiger partial charge >= 0.3 is 0 Å². The first-order valence-corrected chi connectivity index (χ1v) is 19.7. The molecule has 0 unspecified atom stereocenters. The van der Waals surface area contributed by atoms with Crippen molar-refractivity contribution in [3.8, 4) is 0 Å². The number of carbonyl (C=O) groups is 2. The van der Waals surface area contributed by atoms with Crippen LogP contribution in [0.3, 0.4) is 0 Å². The Morgan fingerprint density at radius 2 is 1.54 bits per heavy atom. The lowest BCUT2D eigenvalue weighted by atomic mass is 9.48. The number of nitrogens with one attached hydrogen (secondary N) is 1. The summed E-state index contributed by atoms with van der Waals surface area (Å²) >= 11 is 12.7. The monoisotopic (exact) mass is 687 g/mol. The highest BCUT2D eigenvalue weighted by Crippen LogP contribution is 2.60. The van der Waals surface area contributed by atoms with Gasteiger partial charge in [0.05, 0.1) is 11.9 Å². The molecule has 5 fully saturated rings. The first-order chi connectivity index (χ1) is 21.9. The molecule has 5 aliphatic carbocycles. The van der Waals surface area contributed by atoms with E-state index < -0.39 is 28.5 Å². The molecule has 7 nitrogen and oxygen atoms in total. The van der Waals surface area contributed by atoms with Crippen LogP contribution in [0.4, 0.5) is 5.69 Å². The maximum absolute atomic E-state index is 14.2. The third kappa shape index (κ3) is 7.24. The van der Waals surface area contributed by atoms with Gasteiger partial charge in [0.15, 0.2) is 0 Å². The van der Waals surface area contributed by atoms with Gasteiger partial charge in [-0.15, -0.1) is 0 Å². The second-order valence-corrected chi connectivity index (χ2v) is 17.3. The predicted octanol–water partition coefficient (Wildman–Crippen LogP) is 7.48. The Labute approximate surface area is 284 Å². The number of hydrogen-bond acceptors (Lipinski definition) is 4. The standard InChI is InChI=1S/C36H47Cl2N3O4S/c1-3-33(35(43)39-30-7-5-4-6-8-30)40(22-27-9-12-29(37)18-32(27)38)34(42)23-41(46(2,44)45)31-13-10-28(11-14-31)36-19-24-15-25(20-36)17-26(16-24)21-36/h9-14,18,24-26,30,33H,3-8,15-17,19-23H2,1-2H3,(H,39,43)/t24?,25?,26?,33-,36?/m1/s1. The van der Waals surface area contributed by atoms with E-state index in [2.05, 4.69) is 17.4 Å². The Morgan fingerprint density at radius 1 is 0.935 bits per heavy atom. The van der Waals surface area contributed by atoms with Crippen LogP contribution in [-0.4, -0.2) is 50.0 Å². The molecule has 0 aromatic heterocycles. The van der Waals surface area contributed by atoms with Crippen molar-refractivity contribution in [2.24, 2.45) is 17.8 Å². The van der Waals surface area contributed by atoms with Gasteiger partial charge in [-0.25, -0.2) is 8.42 Å². The molecule has 0 aliphatic heterocycles. The van der Waals surface area contributed by atoms with E-state index in [9.17, 15) is 18.0 Å². The van der Waals surface area contributed by atoms with Crippen molar-refractivity contribution in [1.82, 2.24) is 10.2 Å². The Morgan fingerprint density at radius 3 is 2.09 bits per heavy atom. The molecule has 4 bridgehead atoms. The molecular weight excluding hydrogens is 641 g/mol. The number of carbonyl (C=O) groups excluding carboxylic acids is 2. The molecule has 7 rings (SSSR count). The second-order valence-electron chi connectivity index (χ2n) is 14.5. The smallest absolute Gasteiger partial charge is 0.244 e. The van der Waals surface area contributed by atoms with Gasteiger partial charge < -0.3 is 10.2 Å². The molecular formula is C36H47Cl2N3O4S. The zero-order chi connectivity index (χ0) is 32.6. The van der Waals surface area contributed by atoms with Crippen LogP contribution >= 0.6 is 23.2 Å². The van der Waals surface area contributed by atoms with Gasteiger partial charge in [-0.05, 0) is 116 Å². The Balaban J connectivity index is 1.25. The van der Waals surface area contributed by atoms with Gasteiger partial charge in [0.25, 0.3) is 0 Å². The van der Waals surface area contributed by atoms with Crippen molar-refractivity contribution in [2.45, 2.75) is 108 Å². The summed E-state index contributed by atoms with van der Waals surface area (Å²) in [6.45, 7) is 1.49. The lowest BCUT2D eigenvalue weighted by Crippen LogP contribution is -2.54. The predicted molar refractivity (Wildman–Crippen MR) is 185 cm³/mol. The molecule has 2 amide bonds. The van der Waals surface area contributed by atoms with Crippen molar-refractivity contribution in [3.05, 3.63) is 63.6 Å². The normalized spacial score (nSPS) is 26.5. The third-order valence-corrected chi connectivity index (χ3v) is 12.9. The molecule has 0 spiro atoms. The van der Waals surface area contributed by atoms with Crippen molar-refractivity contribution in [2.75, 3.05) is 17.1 Å². The fourth-order valence-electron chi connectivity index (χ4n) is 9.36. The lowest BCUT2D eigenvalue weighted by molar-refractivity contribution is -0.140. The van der Waals surface area contributed by atoms with E-state index >= 15 is 0 Å². The Bertz CT molecular complexity index is 1510. The summed E-state index contributed by atoms with van der Waals surface area (Å²) in [4.78, 5) is 29.4. The summed E-state index contributed by atoms with van der Waals surface area (Å²) in [7, 11) is -3.82. The van der Waals surface area contributed by atoms with Gasteiger partial charge in [-0.2, -0.15) is 0 Å². The quantitative estimate of drug-likeness (QED) is 0.265. The first-order valence-electron chi connectivity index (χ1n) is 17.1. The summed E-state index contributed by atoms with van der Waals surface area (Å²) in [5, 5.41) is 4.02. The van der Waals surface area contributed by atoms with Crippen LogP contribution in [0.25, 0.3) is 0 Å². The zero-order valence-corrected chi connectivity index (χ0v) is 29.3. The number of sulfonamides is 1. The maximum Gasteiger partial charge on any atom is 0.244 e. The van der Waals surface area contributed by atoms with Crippen LogP contribution in [0.5, 0.6) is 0 Å². The van der Waals surface area contributed by atoms with Gasteiger partial charge in [0, 0.05) is 22.6 Å². The Kier molecular flexibility index (Phi) is 9.99. The van der Waals surface area contributed by atoms with Crippen LogP contribution in [0.15, 0.2) is 42.5 Å². The molecule has 2 aromatic rings. The van der Waals surface area contributed by atoms with Crippen LogP contribution in [-0.2, 0) is 31.6 Å². The second kappa shape index (κ2) is 13.7. The fraction of sp³-hybridized carbons (Fsp3) is 0.611. The third-order valence-electron chi connectivity index (χ3n) is 11.2. The molecule has 0 radical (unpaired) electrons. The summed E-state index contributed by atoms with van der Waals surface area (Å²) in [6, 6.07) is 12.2. The number of nitrogens with zero attached hydrogens (tertiary/aromatic N) is 2. The van der Waals surface area contributed by atoms with Crippen molar-refractivity contribution >= 4 is 50.7 Å². The summed E-state index contributed by atoms with van der Waals surface area (Å²) in [5.41, 5.74) is 2.57. The van der Waals surface area contributed by atoms with E-state index in [1.807, 2.05) is 19.1 Å². The highest BCUT2D eigenvalue weighted by molar-refractivity contribution is 7.92. The Hall–Kier alpha value is -2.29. The topological polar surface area (TPSA) is 86.8 Å². The maximum atomic E-state index is 14.2. The molecule has 1 atom stereocenters. The van der Waals surface area contributed by atoms with Gasteiger partial charge in [-0.3, -0.25) is 13.9 Å². The highest BCUT2D eigenvalue weighted by Gasteiger charge is 2.51. The molecule has 5 saturated carbocycles. The van der Waals surface area contributed by atoms with Gasteiger partial charge in [0.1, 0.15) is 12.6 Å². The largest absolute Gasteiger partial charge is 0.352 e. The lowest BCUT2D eigenvalue weighted by Gasteiger charge is -2.57. The minimum atomic E-state index is -3.82. The fourth-order valence-corrected chi connectivity index (χ4v) is 10.7. The van der Waals surface area contributed by atoms with Crippen LogP contribution in [0, 0.1) is 17.8 Å². The van der Waals surface area contributed by atoms with E-state index in [1.54, 1.807) is 18.2 Å². The molecule has 5 aliphatic rings. The SMILES string of the molecule is CC[C@H](C(=O)NC1CCCCC1)N(Cc1ccc(Cl)cc1Cl)C(=O)CN(c1ccc(C23CC4CC(CC(C4)C2)C3)cc1)S(C)(=O)=O. The van der Waals surface area contributed by atoms with Crippen molar-refractivity contribution in [3.63, 3.8) is 0 Å². The number of hydrogen-bond donors (Lipinski definition) is 1. The van der Waals surface area contributed by atoms with Crippen LogP contribution < -0.4 is 9.62 Å². The number of benzene rings is 2. The van der Waals surface area contributed by atoms with E-state index in [0.29, 0.717) is 27.7 Å². The van der Waals surface area contributed by atoms with Crippen molar-refractivity contribution in [1.29, 1.82) is 0 Å². The first kappa shape index (κ1) is 33.6. The molecule has 0 heterocycles. The summed E-state index contributed by atoms with van der Waals surface area (Å²) in [5.74, 6) is 1.72. The number of anilines is 1. The minimum Gasteiger partial charge on any atom is -0.352 e. The average Bonchev–Trinajstić information content (AvgIpc) is 3.00. The molecule has 1 N–H and O–H groups in total. The summed E-state index contributed by atoms with van der Waals surface area (Å²) < 4.78 is 27.6. The van der Waals surface area contributed by atoms with E-state index in [0.717, 1.165) is 56.1 Å². The van der Waals surface area contributed by atoms with E-state index in [4.69, 9.17) is 23.2 Å². The van der Waals surface area contributed by atoms with Gasteiger partial charge in [0.2, 0.25) is 21.8 Å². The van der Waals surface area contributed by atoms with E-state index in [1.165, 1.54) is 53.3 Å². The van der Waals surface area contributed by atoms with Crippen LogP contribution in [0.1, 0.15) is 95.1 Å². The van der Waals surface area contributed by atoms with E-state index in [-0.39, 0.29) is 23.9 Å². The average molecular weight is 689 g/mol. The van der Waals surface area contributed by atoms with Gasteiger partial charge in [-0.1, -0.05) is 67.6 Å². The zero-order valence-electron chi connectivity index (χ0n) is 27.0. The molecule has 0 saturated heterocycles. The van der Waals surface area contributed by atoms with Crippen LogP contribution in [0.2, 0.25) is 10.0 Å². The highest BCUT2D eigenvalue weighted by atomic mass is 35.5. The molecule has 10 heteroatoms. The molecule has 250 valence electrons. The van der Waals surface area contributed by atoms with Crippen molar-refractivity contribution < 1.29 is 18.0 Å². The minimum absolute atomic E-state index is 0.0496. The molecule has 2 aromatic carbocycles. The number of amides is 2. The summed E-state index contributed by atoms with van der Waals surface area (Å²) in [6.07, 6.45) is 14.3. The number of rotatable bonds is 11. The number of halogens is 2.